The summed E-state index contributed by atoms with van der Waals surface area (Å²) in [5, 5.41) is 3.04. The smallest absolute Gasteiger partial charge is 0.224 e. The quantitative estimate of drug-likeness (QED) is 0.807. The molecule has 4 heteroatoms. The summed E-state index contributed by atoms with van der Waals surface area (Å²) in [6.45, 7) is 5.27. The highest BCUT2D eigenvalue weighted by Crippen LogP contribution is 2.23. The van der Waals surface area contributed by atoms with Crippen LogP contribution in [0.5, 0.6) is 0 Å². The number of nitrogens with zero attached hydrogens (tertiary/aromatic N) is 1. The van der Waals surface area contributed by atoms with Crippen LogP contribution in [-0.2, 0) is 17.9 Å². The minimum Gasteiger partial charge on any atom is -0.352 e. The molecule has 0 aliphatic heterocycles. The van der Waals surface area contributed by atoms with Gasteiger partial charge in [0.15, 0.2) is 0 Å². The summed E-state index contributed by atoms with van der Waals surface area (Å²) >= 11 is 0. The van der Waals surface area contributed by atoms with Crippen molar-refractivity contribution in [3.05, 3.63) is 35.4 Å². The van der Waals surface area contributed by atoms with E-state index in [0.717, 1.165) is 6.54 Å². The van der Waals surface area contributed by atoms with Gasteiger partial charge in [-0.2, -0.15) is 0 Å². The maximum absolute atomic E-state index is 12.1. The van der Waals surface area contributed by atoms with Crippen LogP contribution in [0.2, 0.25) is 0 Å². The number of nitrogens with two attached hydrogens (primary N) is 1. The Kier molecular flexibility index (Phi) is 7.25. The molecule has 134 valence electrons. The second-order valence-electron chi connectivity index (χ2n) is 7.34. The van der Waals surface area contributed by atoms with Crippen molar-refractivity contribution in [2.24, 2.45) is 11.7 Å². The predicted molar refractivity (Wildman–Crippen MR) is 99.4 cm³/mol. The standard InChI is InChI=1S/C20H33N3O/c1-15(16(2)21)20(24)22-13-17-9-7-8-10-18(17)14-23(3)19-11-5-4-6-12-19/h7-10,15-16,19H,4-6,11-14,21H2,1-3H3,(H,22,24). The van der Waals surface area contributed by atoms with E-state index in [-0.39, 0.29) is 17.9 Å². The maximum atomic E-state index is 12.1. The van der Waals surface area contributed by atoms with Crippen LogP contribution >= 0.6 is 0 Å². The van der Waals surface area contributed by atoms with Gasteiger partial charge in [0.2, 0.25) is 5.91 Å². The largest absolute Gasteiger partial charge is 0.352 e. The van der Waals surface area contributed by atoms with Gasteiger partial charge in [0.25, 0.3) is 0 Å². The summed E-state index contributed by atoms with van der Waals surface area (Å²) in [6.07, 6.45) is 6.69. The zero-order chi connectivity index (χ0) is 17.5. The number of hydrogen-bond acceptors (Lipinski definition) is 3. The van der Waals surface area contributed by atoms with Crippen molar-refractivity contribution < 1.29 is 4.79 Å². The molecule has 0 radical (unpaired) electrons. The van der Waals surface area contributed by atoms with E-state index in [1.807, 2.05) is 19.9 Å². The molecule has 2 rings (SSSR count). The van der Waals surface area contributed by atoms with E-state index in [1.165, 1.54) is 43.2 Å². The SMILES string of the molecule is CC(N)C(C)C(=O)NCc1ccccc1CN(C)C1CCCCC1. The van der Waals surface area contributed by atoms with Crippen molar-refractivity contribution in [2.45, 2.75) is 71.1 Å². The van der Waals surface area contributed by atoms with Crippen LogP contribution in [0.4, 0.5) is 0 Å². The molecular weight excluding hydrogens is 298 g/mol. The summed E-state index contributed by atoms with van der Waals surface area (Å²) in [5.74, 6) is -0.137. The Balaban J connectivity index is 1.95. The lowest BCUT2D eigenvalue weighted by Gasteiger charge is -2.31. The fraction of sp³-hybridized carbons (Fsp3) is 0.650. The van der Waals surface area contributed by atoms with Gasteiger partial charge in [-0.15, -0.1) is 0 Å². The lowest BCUT2D eigenvalue weighted by atomic mass is 9.94. The molecule has 1 aliphatic carbocycles. The van der Waals surface area contributed by atoms with Crippen LogP contribution < -0.4 is 11.1 Å². The van der Waals surface area contributed by atoms with Crippen LogP contribution in [0.1, 0.15) is 57.1 Å². The molecule has 24 heavy (non-hydrogen) atoms. The summed E-state index contributed by atoms with van der Waals surface area (Å²) in [7, 11) is 2.23. The highest BCUT2D eigenvalue weighted by Gasteiger charge is 2.20. The van der Waals surface area contributed by atoms with Gasteiger partial charge >= 0.3 is 0 Å². The molecule has 3 N–H and O–H groups in total. The number of carbonyl (C=O) groups is 1. The van der Waals surface area contributed by atoms with Gasteiger partial charge < -0.3 is 11.1 Å². The van der Waals surface area contributed by atoms with Crippen LogP contribution in [0.15, 0.2) is 24.3 Å². The Morgan fingerprint density at radius 3 is 2.46 bits per heavy atom. The zero-order valence-electron chi connectivity index (χ0n) is 15.4. The summed E-state index contributed by atoms with van der Waals surface area (Å²) in [6, 6.07) is 8.98. The summed E-state index contributed by atoms with van der Waals surface area (Å²) < 4.78 is 0. The average molecular weight is 332 g/mol. The Morgan fingerprint density at radius 2 is 1.83 bits per heavy atom. The monoisotopic (exact) mass is 331 g/mol. The van der Waals surface area contributed by atoms with Crippen molar-refractivity contribution >= 4 is 5.91 Å². The second-order valence-corrected chi connectivity index (χ2v) is 7.34. The number of amides is 1. The van der Waals surface area contributed by atoms with E-state index in [1.54, 1.807) is 0 Å². The molecule has 0 aromatic heterocycles. The van der Waals surface area contributed by atoms with E-state index in [9.17, 15) is 4.79 Å². The van der Waals surface area contributed by atoms with Crippen molar-refractivity contribution in [1.29, 1.82) is 0 Å². The van der Waals surface area contributed by atoms with Gasteiger partial charge in [-0.05, 0) is 37.9 Å². The molecule has 0 heterocycles. The highest BCUT2D eigenvalue weighted by molar-refractivity contribution is 5.78. The summed E-state index contributed by atoms with van der Waals surface area (Å²) in [4.78, 5) is 14.6. The second kappa shape index (κ2) is 9.19. The number of rotatable bonds is 7. The molecule has 4 nitrogen and oxygen atoms in total. The number of carbonyl (C=O) groups excluding carboxylic acids is 1. The number of hydrogen-bond donors (Lipinski definition) is 2. The summed E-state index contributed by atoms with van der Waals surface area (Å²) in [5.41, 5.74) is 8.32. The Bertz CT molecular complexity index is 523. The lowest BCUT2D eigenvalue weighted by Crippen LogP contribution is -2.38. The normalized spacial score (nSPS) is 18.4. The predicted octanol–water partition coefficient (Wildman–Crippen LogP) is 3.05. The van der Waals surface area contributed by atoms with Crippen LogP contribution in [0, 0.1) is 5.92 Å². The van der Waals surface area contributed by atoms with Gasteiger partial charge in [-0.3, -0.25) is 9.69 Å². The van der Waals surface area contributed by atoms with Crippen LogP contribution in [-0.4, -0.2) is 29.9 Å². The van der Waals surface area contributed by atoms with Crippen LogP contribution in [0.3, 0.4) is 0 Å². The van der Waals surface area contributed by atoms with Crippen molar-refractivity contribution in [1.82, 2.24) is 10.2 Å². The Morgan fingerprint density at radius 1 is 1.21 bits per heavy atom. The third kappa shape index (κ3) is 5.32. The zero-order valence-corrected chi connectivity index (χ0v) is 15.4. The Labute approximate surface area is 146 Å². The highest BCUT2D eigenvalue weighted by atomic mass is 16.1. The van der Waals surface area contributed by atoms with Crippen molar-refractivity contribution in [3.8, 4) is 0 Å². The van der Waals surface area contributed by atoms with Gasteiger partial charge in [-0.1, -0.05) is 50.5 Å². The maximum Gasteiger partial charge on any atom is 0.224 e. The fourth-order valence-electron chi connectivity index (χ4n) is 3.39. The molecule has 1 aromatic rings. The lowest BCUT2D eigenvalue weighted by molar-refractivity contribution is -0.125. The molecule has 1 amide bonds. The molecule has 2 unspecified atom stereocenters. The van der Waals surface area contributed by atoms with Gasteiger partial charge in [-0.25, -0.2) is 0 Å². The molecule has 0 saturated heterocycles. The van der Waals surface area contributed by atoms with Gasteiger partial charge in [0.1, 0.15) is 0 Å². The molecule has 1 fully saturated rings. The van der Waals surface area contributed by atoms with Crippen LogP contribution in [0.25, 0.3) is 0 Å². The van der Waals surface area contributed by atoms with E-state index >= 15 is 0 Å². The minimum absolute atomic E-state index is 0.0282. The van der Waals surface area contributed by atoms with Gasteiger partial charge in [0, 0.05) is 31.1 Å². The first kappa shape index (κ1) is 18.9. The number of benzene rings is 1. The molecular formula is C20H33N3O. The average Bonchev–Trinajstić information content (AvgIpc) is 2.60. The van der Waals surface area contributed by atoms with E-state index in [2.05, 4.69) is 35.5 Å². The molecule has 0 spiro atoms. The van der Waals surface area contributed by atoms with Gasteiger partial charge in [0.05, 0.1) is 0 Å². The third-order valence-electron chi connectivity index (χ3n) is 5.39. The van der Waals surface area contributed by atoms with E-state index in [4.69, 9.17) is 5.73 Å². The fourth-order valence-corrected chi connectivity index (χ4v) is 3.39. The molecule has 1 saturated carbocycles. The first-order chi connectivity index (χ1) is 11.5. The van der Waals surface area contributed by atoms with Crippen molar-refractivity contribution in [3.63, 3.8) is 0 Å². The first-order valence-corrected chi connectivity index (χ1v) is 9.29. The number of nitrogens with one attached hydrogen (secondary N) is 1. The minimum atomic E-state index is -0.165. The third-order valence-corrected chi connectivity index (χ3v) is 5.39. The topological polar surface area (TPSA) is 58.4 Å². The van der Waals surface area contributed by atoms with Crippen molar-refractivity contribution in [2.75, 3.05) is 7.05 Å². The molecule has 1 aliphatic rings. The first-order valence-electron chi connectivity index (χ1n) is 9.29. The Hall–Kier alpha value is -1.39. The van der Waals surface area contributed by atoms with E-state index in [0.29, 0.717) is 12.6 Å². The van der Waals surface area contributed by atoms with E-state index < -0.39 is 0 Å². The molecule has 2 atom stereocenters. The molecule has 0 bridgehead atoms. The molecule has 1 aromatic carbocycles.